The first-order valence-electron chi connectivity index (χ1n) is 14.0. The predicted octanol–water partition coefficient (Wildman–Crippen LogP) is 9.12. The maximum Gasteiger partial charge on any atom is 0.329 e. The fourth-order valence-corrected chi connectivity index (χ4v) is 5.18. The lowest BCUT2D eigenvalue weighted by atomic mass is 10.0. The first-order valence-corrected chi connectivity index (χ1v) is 14.8. The normalized spacial score (nSPS) is 12.1. The number of nitrogens with zero attached hydrogens (tertiary/aromatic N) is 3. The predicted molar refractivity (Wildman–Crippen MR) is 155 cm³/mol. The summed E-state index contributed by atoms with van der Waals surface area (Å²) in [5.41, 5.74) is 1.44. The molecule has 0 aliphatic rings. The summed E-state index contributed by atoms with van der Waals surface area (Å²) in [5.74, 6) is 0.462. The summed E-state index contributed by atoms with van der Waals surface area (Å²) < 4.78 is 12.8. The summed E-state index contributed by atoms with van der Waals surface area (Å²) in [4.78, 5) is 21.7. The average Bonchev–Trinajstić information content (AvgIpc) is 3.34. The smallest absolute Gasteiger partial charge is 0.329 e. The van der Waals surface area contributed by atoms with Crippen LogP contribution in [0.3, 0.4) is 0 Å². The summed E-state index contributed by atoms with van der Waals surface area (Å²) in [6.45, 7) is 2.45. The number of rotatable bonds is 18. The van der Waals surface area contributed by atoms with Crippen LogP contribution in [0.2, 0.25) is 10.4 Å². The molecule has 3 aromatic rings. The zero-order chi connectivity index (χ0) is 27.2. The zero-order valence-corrected chi connectivity index (χ0v) is 24.3. The molecule has 0 amide bonds. The Labute approximate surface area is 237 Å². The van der Waals surface area contributed by atoms with E-state index < -0.39 is 6.04 Å². The van der Waals surface area contributed by atoms with E-state index in [1.54, 1.807) is 7.11 Å². The zero-order valence-electron chi connectivity index (χ0n) is 22.8. The largest absolute Gasteiger partial charge is 0.497 e. The minimum atomic E-state index is -0.518. The van der Waals surface area contributed by atoms with Crippen LogP contribution in [-0.4, -0.2) is 27.6 Å². The number of carbonyl (C=O) groups excluding carboxylic acids is 1. The molecule has 1 unspecified atom stereocenters. The van der Waals surface area contributed by atoms with Gasteiger partial charge in [-0.25, -0.2) is 9.78 Å². The van der Waals surface area contributed by atoms with E-state index in [4.69, 9.17) is 32.7 Å². The number of benzene rings is 1. The Morgan fingerprint density at radius 3 is 2.08 bits per heavy atom. The van der Waals surface area contributed by atoms with Crippen LogP contribution in [0.5, 0.6) is 5.75 Å². The first-order chi connectivity index (χ1) is 18.5. The number of unbranched alkanes of at least 4 members (excludes halogenated alkanes) is 11. The van der Waals surface area contributed by atoms with Gasteiger partial charge >= 0.3 is 5.97 Å². The quantitative estimate of drug-likeness (QED) is 0.0669. The fraction of sp³-hybridized carbons (Fsp3) is 0.567. The molecule has 0 spiro atoms. The van der Waals surface area contributed by atoms with Crippen molar-refractivity contribution in [2.24, 2.45) is 0 Å². The van der Waals surface area contributed by atoms with Gasteiger partial charge in [0.05, 0.1) is 12.5 Å². The lowest BCUT2D eigenvalue weighted by Gasteiger charge is -2.19. The van der Waals surface area contributed by atoms with E-state index in [9.17, 15) is 4.79 Å². The third-order valence-corrected chi connectivity index (χ3v) is 7.43. The van der Waals surface area contributed by atoms with Crippen LogP contribution in [0.1, 0.15) is 102 Å². The lowest BCUT2D eigenvalue weighted by Crippen LogP contribution is -2.22. The fourth-order valence-electron chi connectivity index (χ4n) is 4.74. The molecule has 8 heteroatoms. The van der Waals surface area contributed by atoms with Gasteiger partial charge in [-0.1, -0.05) is 108 Å². The number of methoxy groups -OCH3 is 1. The van der Waals surface area contributed by atoms with Crippen LogP contribution in [-0.2, 0) is 16.1 Å². The number of hydrogen-bond donors (Lipinski definition) is 0. The van der Waals surface area contributed by atoms with Crippen molar-refractivity contribution in [1.82, 2.24) is 14.5 Å². The van der Waals surface area contributed by atoms with Crippen LogP contribution >= 0.6 is 23.2 Å². The number of halogens is 2. The third kappa shape index (κ3) is 9.46. The summed E-state index contributed by atoms with van der Waals surface area (Å²) >= 11 is 12.4. The van der Waals surface area contributed by atoms with Gasteiger partial charge in [0.1, 0.15) is 29.2 Å². The number of aromatic nitrogens is 3. The highest BCUT2D eigenvalue weighted by Crippen LogP contribution is 2.29. The molecule has 208 valence electrons. The number of carbonyl (C=O) groups is 1. The highest BCUT2D eigenvalue weighted by atomic mass is 35.5. The van der Waals surface area contributed by atoms with Crippen molar-refractivity contribution in [3.05, 3.63) is 52.5 Å². The van der Waals surface area contributed by atoms with E-state index in [1.807, 2.05) is 41.1 Å². The van der Waals surface area contributed by atoms with Gasteiger partial charge in [0.15, 0.2) is 0 Å². The molecule has 0 bridgehead atoms. The molecule has 0 fully saturated rings. The molecule has 2 heterocycles. The van der Waals surface area contributed by atoms with E-state index in [1.165, 1.54) is 64.2 Å². The molecule has 38 heavy (non-hydrogen) atoms. The highest BCUT2D eigenvalue weighted by molar-refractivity contribution is 6.35. The molecule has 1 aromatic carbocycles. The van der Waals surface area contributed by atoms with Gasteiger partial charge < -0.3 is 14.0 Å². The van der Waals surface area contributed by atoms with E-state index in [2.05, 4.69) is 16.9 Å². The van der Waals surface area contributed by atoms with E-state index in [0.717, 1.165) is 24.2 Å². The van der Waals surface area contributed by atoms with Crippen molar-refractivity contribution >= 4 is 40.2 Å². The maximum absolute atomic E-state index is 13.3. The van der Waals surface area contributed by atoms with E-state index >= 15 is 0 Å². The molecule has 0 N–H and O–H groups in total. The Morgan fingerprint density at radius 1 is 0.868 bits per heavy atom. The van der Waals surface area contributed by atoms with Crippen molar-refractivity contribution < 1.29 is 14.3 Å². The van der Waals surface area contributed by atoms with Crippen LogP contribution in [0, 0.1) is 0 Å². The van der Waals surface area contributed by atoms with Gasteiger partial charge in [-0.15, -0.1) is 0 Å². The van der Waals surface area contributed by atoms with Gasteiger partial charge in [0.25, 0.3) is 0 Å². The number of fused-ring (bicyclic) bond motifs is 1. The van der Waals surface area contributed by atoms with Crippen LogP contribution < -0.4 is 4.74 Å². The standard InChI is InChI=1S/C30H41Cl2N3O3/c1-3-4-5-6-7-8-9-10-11-12-13-14-15-26(29(36)38-22-23-16-18-24(37-2)19-17-23)35-21-20-25-27(31)33-30(32)34-28(25)35/h16-21,26H,3-15,22H2,1-2H3. The van der Waals surface area contributed by atoms with Gasteiger partial charge in [-0.2, -0.15) is 4.98 Å². The summed E-state index contributed by atoms with van der Waals surface area (Å²) in [6, 6.07) is 8.80. The molecule has 3 rings (SSSR count). The molecule has 0 saturated heterocycles. The summed E-state index contributed by atoms with van der Waals surface area (Å²) in [5, 5.41) is 0.992. The van der Waals surface area contributed by atoms with Gasteiger partial charge in [0.2, 0.25) is 5.28 Å². The van der Waals surface area contributed by atoms with E-state index in [-0.39, 0.29) is 23.0 Å². The van der Waals surface area contributed by atoms with Gasteiger partial charge in [0, 0.05) is 6.20 Å². The molecule has 0 radical (unpaired) electrons. The second-order valence-corrected chi connectivity index (χ2v) is 10.6. The lowest BCUT2D eigenvalue weighted by molar-refractivity contribution is -0.149. The molecular weight excluding hydrogens is 521 g/mol. The Bertz CT molecular complexity index is 1120. The molecule has 0 aliphatic carbocycles. The molecule has 6 nitrogen and oxygen atoms in total. The van der Waals surface area contributed by atoms with E-state index in [0.29, 0.717) is 17.5 Å². The molecule has 1 atom stereocenters. The SMILES string of the molecule is CCCCCCCCCCCCCCC(C(=O)OCc1ccc(OC)cc1)n1ccc2c(Cl)nc(Cl)nc21. The van der Waals surface area contributed by atoms with Gasteiger partial charge in [-0.3, -0.25) is 0 Å². The second-order valence-electron chi connectivity index (χ2n) is 9.89. The first kappa shape index (κ1) is 30.2. The second kappa shape index (κ2) is 16.6. The highest BCUT2D eigenvalue weighted by Gasteiger charge is 2.25. The van der Waals surface area contributed by atoms with Crippen molar-refractivity contribution in [2.45, 2.75) is 103 Å². The van der Waals surface area contributed by atoms with Crippen LogP contribution in [0.15, 0.2) is 36.5 Å². The number of esters is 1. The Morgan fingerprint density at radius 2 is 1.47 bits per heavy atom. The minimum absolute atomic E-state index is 0.0539. The van der Waals surface area contributed by atoms with Crippen molar-refractivity contribution in [3.8, 4) is 5.75 Å². The number of ether oxygens (including phenoxy) is 2. The Hall–Kier alpha value is -2.31. The van der Waals surface area contributed by atoms with Gasteiger partial charge in [-0.05, 0) is 41.8 Å². The summed E-state index contributed by atoms with van der Waals surface area (Å²) in [7, 11) is 1.62. The summed E-state index contributed by atoms with van der Waals surface area (Å²) in [6.07, 6.45) is 17.6. The van der Waals surface area contributed by atoms with Crippen molar-refractivity contribution in [2.75, 3.05) is 7.11 Å². The Balaban J connectivity index is 1.53. The molecule has 0 aliphatic heterocycles. The monoisotopic (exact) mass is 561 g/mol. The average molecular weight is 563 g/mol. The molecular formula is C30H41Cl2N3O3. The topological polar surface area (TPSA) is 66.2 Å². The minimum Gasteiger partial charge on any atom is -0.497 e. The molecule has 0 saturated carbocycles. The number of hydrogen-bond acceptors (Lipinski definition) is 5. The van der Waals surface area contributed by atoms with Crippen LogP contribution in [0.25, 0.3) is 11.0 Å². The Kier molecular flexibility index (Phi) is 13.2. The molecule has 2 aromatic heterocycles. The third-order valence-electron chi connectivity index (χ3n) is 6.98. The van der Waals surface area contributed by atoms with Crippen molar-refractivity contribution in [3.63, 3.8) is 0 Å². The van der Waals surface area contributed by atoms with Crippen LogP contribution in [0.4, 0.5) is 0 Å². The maximum atomic E-state index is 13.3. The van der Waals surface area contributed by atoms with Crippen molar-refractivity contribution in [1.29, 1.82) is 0 Å².